The van der Waals surface area contributed by atoms with E-state index < -0.39 is 17.8 Å². The molecular weight excluding hydrogens is 521 g/mol. The molecule has 40 heavy (non-hydrogen) atoms. The van der Waals surface area contributed by atoms with E-state index in [4.69, 9.17) is 0 Å². The van der Waals surface area contributed by atoms with Crippen molar-refractivity contribution in [3.05, 3.63) is 53.9 Å². The predicted molar refractivity (Wildman–Crippen MR) is 146 cm³/mol. The molecule has 1 aromatic carbocycles. The van der Waals surface area contributed by atoms with Crippen molar-refractivity contribution in [3.8, 4) is 0 Å². The Kier molecular flexibility index (Phi) is 8.32. The summed E-state index contributed by atoms with van der Waals surface area (Å²) in [7, 11) is 1.92. The Morgan fingerprint density at radius 3 is 2.58 bits per heavy atom. The van der Waals surface area contributed by atoms with Crippen LogP contribution in [0.3, 0.4) is 0 Å². The van der Waals surface area contributed by atoms with Crippen molar-refractivity contribution in [2.45, 2.75) is 69.5 Å². The third-order valence-electron chi connectivity index (χ3n) is 7.60. The van der Waals surface area contributed by atoms with Gasteiger partial charge in [0, 0.05) is 47.6 Å². The first-order chi connectivity index (χ1) is 19.2. The Bertz CT molecular complexity index is 1340. The molecule has 2 fully saturated rings. The zero-order valence-electron chi connectivity index (χ0n) is 22.3. The van der Waals surface area contributed by atoms with E-state index in [0.717, 1.165) is 49.3 Å². The standard InChI is InChI=1S/C28H33F3N8O/c1-39(26-32-14-13-24(36-26)35-25-16-23(37-38-25)19-5-2-3-6-19)17-18-9-11-21(12-10-18)33-27(40)34-22-8-4-7-20(15-22)28(29,30)31/h4,7-8,13-19,21H,2-3,5-6,9-12H2,1H3,(H3-,32,33,34,35,36,37,38,40)/p+1/b39-17-. The first-order valence-corrected chi connectivity index (χ1v) is 13.7. The predicted octanol–water partition coefficient (Wildman–Crippen LogP) is 6.34. The van der Waals surface area contributed by atoms with E-state index in [1.165, 1.54) is 37.8 Å². The van der Waals surface area contributed by atoms with Crippen LogP contribution in [0.4, 0.5) is 41.2 Å². The number of nitrogens with zero attached hydrogens (tertiary/aromatic N) is 4. The quantitative estimate of drug-likeness (QED) is 0.201. The molecule has 12 heteroatoms. The van der Waals surface area contributed by atoms with Gasteiger partial charge in [-0.05, 0) is 61.7 Å². The lowest BCUT2D eigenvalue weighted by Crippen LogP contribution is -2.40. The summed E-state index contributed by atoms with van der Waals surface area (Å²) >= 11 is 0. The van der Waals surface area contributed by atoms with Crippen molar-refractivity contribution < 1.29 is 22.5 Å². The average molecular weight is 556 g/mol. The molecule has 2 aromatic heterocycles. The molecule has 212 valence electrons. The minimum atomic E-state index is -4.46. The summed E-state index contributed by atoms with van der Waals surface area (Å²) in [5.41, 5.74) is 0.470. The number of amides is 2. The third kappa shape index (κ3) is 7.16. The minimum absolute atomic E-state index is 0.0486. The highest BCUT2D eigenvalue weighted by Gasteiger charge is 2.30. The second kappa shape index (κ2) is 12.1. The van der Waals surface area contributed by atoms with E-state index in [0.29, 0.717) is 17.7 Å². The molecular formula is C28H34F3N8O+. The van der Waals surface area contributed by atoms with Crippen LogP contribution in [0.1, 0.15) is 68.5 Å². The lowest BCUT2D eigenvalue weighted by atomic mass is 9.87. The Morgan fingerprint density at radius 1 is 1.05 bits per heavy atom. The first-order valence-electron chi connectivity index (χ1n) is 13.7. The molecule has 0 saturated heterocycles. The molecule has 4 N–H and O–H groups in total. The number of benzene rings is 1. The number of aromatic amines is 1. The van der Waals surface area contributed by atoms with Crippen molar-refractivity contribution in [2.24, 2.45) is 5.92 Å². The van der Waals surface area contributed by atoms with Crippen LogP contribution in [0.25, 0.3) is 0 Å². The molecule has 2 amide bonds. The second-order valence-electron chi connectivity index (χ2n) is 10.6. The number of rotatable bonds is 7. The zero-order chi connectivity index (χ0) is 28.1. The second-order valence-corrected chi connectivity index (χ2v) is 10.6. The summed E-state index contributed by atoms with van der Waals surface area (Å²) in [6, 6.07) is 7.92. The van der Waals surface area contributed by atoms with Gasteiger partial charge < -0.3 is 16.0 Å². The largest absolute Gasteiger partial charge is 0.434 e. The first kappa shape index (κ1) is 27.6. The Balaban J connectivity index is 1.11. The van der Waals surface area contributed by atoms with Crippen LogP contribution in [-0.2, 0) is 6.18 Å². The number of carbonyl (C=O) groups is 1. The fourth-order valence-electron chi connectivity index (χ4n) is 5.49. The van der Waals surface area contributed by atoms with Gasteiger partial charge in [0.15, 0.2) is 5.82 Å². The van der Waals surface area contributed by atoms with Gasteiger partial charge in [-0.1, -0.05) is 23.9 Å². The highest BCUT2D eigenvalue weighted by molar-refractivity contribution is 5.89. The number of alkyl halides is 3. The lowest BCUT2D eigenvalue weighted by Gasteiger charge is -2.27. The summed E-state index contributed by atoms with van der Waals surface area (Å²) in [5, 5.41) is 16.2. The maximum atomic E-state index is 12.9. The summed E-state index contributed by atoms with van der Waals surface area (Å²) in [4.78, 5) is 21.4. The maximum Gasteiger partial charge on any atom is 0.434 e. The van der Waals surface area contributed by atoms with Gasteiger partial charge in [-0.3, -0.25) is 5.10 Å². The van der Waals surface area contributed by atoms with Crippen molar-refractivity contribution in [2.75, 3.05) is 17.7 Å². The van der Waals surface area contributed by atoms with Gasteiger partial charge >= 0.3 is 18.2 Å². The van der Waals surface area contributed by atoms with E-state index >= 15 is 0 Å². The highest BCUT2D eigenvalue weighted by Crippen LogP contribution is 2.34. The summed E-state index contributed by atoms with van der Waals surface area (Å²) in [6.07, 6.45) is 7.51. The van der Waals surface area contributed by atoms with Crippen molar-refractivity contribution >= 4 is 35.5 Å². The maximum absolute atomic E-state index is 12.9. The average Bonchev–Trinajstić information content (AvgIpc) is 3.62. The summed E-state index contributed by atoms with van der Waals surface area (Å²) < 4.78 is 40.7. The number of nitrogens with one attached hydrogen (secondary N) is 4. The molecule has 2 heterocycles. The van der Waals surface area contributed by atoms with Gasteiger partial charge in [-0.15, -0.1) is 0 Å². The van der Waals surface area contributed by atoms with Crippen LogP contribution in [0, 0.1) is 5.92 Å². The molecule has 0 spiro atoms. The molecule has 0 radical (unpaired) electrons. The van der Waals surface area contributed by atoms with Crippen LogP contribution >= 0.6 is 0 Å². The molecule has 0 aliphatic heterocycles. The van der Waals surface area contributed by atoms with Gasteiger partial charge in [0.1, 0.15) is 6.20 Å². The van der Waals surface area contributed by atoms with E-state index in [9.17, 15) is 18.0 Å². The molecule has 0 bridgehead atoms. The number of halogens is 3. The van der Waals surface area contributed by atoms with Crippen LogP contribution < -0.4 is 16.0 Å². The van der Waals surface area contributed by atoms with Crippen LogP contribution in [-0.4, -0.2) is 50.1 Å². The monoisotopic (exact) mass is 555 g/mol. The fourth-order valence-corrected chi connectivity index (χ4v) is 5.49. The molecule has 0 atom stereocenters. The summed E-state index contributed by atoms with van der Waals surface area (Å²) in [6.45, 7) is 0. The zero-order valence-corrected chi connectivity index (χ0v) is 22.3. The Labute approximate surface area is 230 Å². The van der Waals surface area contributed by atoms with E-state index in [1.54, 1.807) is 6.20 Å². The van der Waals surface area contributed by atoms with Crippen LogP contribution in [0.15, 0.2) is 42.6 Å². The minimum Gasteiger partial charge on any atom is -0.335 e. The van der Waals surface area contributed by atoms with E-state index in [1.807, 2.05) is 17.7 Å². The van der Waals surface area contributed by atoms with Gasteiger partial charge in [-0.2, -0.15) is 18.3 Å². The number of carbonyl (C=O) groups excluding carboxylic acids is 1. The SMILES string of the molecule is C/[N+](=C/C1CCC(NC(=O)Nc2cccc(C(F)(F)F)c2)CC1)c1nccc(Nc2cc(C3CCCC3)[nH]n2)n1. The van der Waals surface area contributed by atoms with Gasteiger partial charge in [0.05, 0.1) is 12.6 Å². The molecule has 2 saturated carbocycles. The number of H-pyrrole nitrogens is 1. The van der Waals surface area contributed by atoms with Gasteiger partial charge in [0.25, 0.3) is 0 Å². The smallest absolute Gasteiger partial charge is 0.335 e. The Hall–Kier alpha value is -3.96. The topological polar surface area (TPSA) is 111 Å². The van der Waals surface area contributed by atoms with E-state index in [-0.39, 0.29) is 17.6 Å². The summed E-state index contributed by atoms with van der Waals surface area (Å²) in [5.74, 6) is 2.81. The number of hydrogen-bond acceptors (Lipinski definition) is 5. The Morgan fingerprint density at radius 2 is 1.82 bits per heavy atom. The lowest BCUT2D eigenvalue weighted by molar-refractivity contribution is -0.411. The number of urea groups is 1. The third-order valence-corrected chi connectivity index (χ3v) is 7.60. The van der Waals surface area contributed by atoms with Gasteiger partial charge in [0.2, 0.25) is 5.82 Å². The molecule has 5 rings (SSSR count). The van der Waals surface area contributed by atoms with Crippen molar-refractivity contribution in [3.63, 3.8) is 0 Å². The number of anilines is 3. The van der Waals surface area contributed by atoms with Gasteiger partial charge in [-0.25, -0.2) is 9.37 Å². The molecule has 0 unspecified atom stereocenters. The normalized spacial score (nSPS) is 20.4. The van der Waals surface area contributed by atoms with Crippen molar-refractivity contribution in [1.82, 2.24) is 25.5 Å². The van der Waals surface area contributed by atoms with Crippen LogP contribution in [0.5, 0.6) is 0 Å². The van der Waals surface area contributed by atoms with Crippen LogP contribution in [0.2, 0.25) is 0 Å². The number of aromatic nitrogens is 4. The molecule has 9 nitrogen and oxygen atoms in total. The fraction of sp³-hybridized carbons (Fsp3) is 0.464. The number of hydrogen-bond donors (Lipinski definition) is 4. The molecule has 3 aromatic rings. The highest BCUT2D eigenvalue weighted by atomic mass is 19.4. The molecule has 2 aliphatic rings. The van der Waals surface area contributed by atoms with E-state index in [2.05, 4.69) is 48.4 Å². The molecule has 2 aliphatic carbocycles. The van der Waals surface area contributed by atoms with Crippen molar-refractivity contribution in [1.29, 1.82) is 0 Å².